The Labute approximate surface area is 101 Å². The zero-order valence-corrected chi connectivity index (χ0v) is 9.78. The Morgan fingerprint density at radius 3 is 2.00 bits per heavy atom. The molecule has 0 aliphatic heterocycles. The van der Waals surface area contributed by atoms with Crippen LogP contribution in [0.2, 0.25) is 0 Å². The van der Waals surface area contributed by atoms with Crippen LogP contribution in [0.25, 0.3) is 0 Å². The molecule has 0 amide bonds. The predicted octanol–water partition coefficient (Wildman–Crippen LogP) is 3.19. The van der Waals surface area contributed by atoms with Gasteiger partial charge in [-0.15, -0.1) is 0 Å². The Kier molecular flexibility index (Phi) is 3.78. The smallest absolute Gasteiger partial charge is 0.126 e. The summed E-state index contributed by atoms with van der Waals surface area (Å²) < 4.78 is 5.68. The minimum Gasteiger partial charge on any atom is -0.488 e. The van der Waals surface area contributed by atoms with Crippen molar-refractivity contribution in [3.05, 3.63) is 66.2 Å². The van der Waals surface area contributed by atoms with Crippen molar-refractivity contribution in [2.75, 3.05) is 0 Å². The standard InChI is InChI=1S/C15H16O2/c1-12(17-14-10-6-3-7-11-14)15(16)13-8-4-2-5-9-13/h2-12,15-16H,1H3/t12-,15+/m1/s1. The second kappa shape index (κ2) is 5.51. The molecule has 2 heteroatoms. The van der Waals surface area contributed by atoms with Gasteiger partial charge in [0.2, 0.25) is 0 Å². The Hall–Kier alpha value is -1.80. The van der Waals surface area contributed by atoms with Gasteiger partial charge in [0, 0.05) is 0 Å². The summed E-state index contributed by atoms with van der Waals surface area (Å²) in [4.78, 5) is 0. The molecule has 0 saturated heterocycles. The summed E-state index contributed by atoms with van der Waals surface area (Å²) in [6.07, 6.45) is -0.892. The molecule has 0 aromatic heterocycles. The van der Waals surface area contributed by atoms with Crippen molar-refractivity contribution in [2.45, 2.75) is 19.1 Å². The Balaban J connectivity index is 2.03. The highest BCUT2D eigenvalue weighted by Crippen LogP contribution is 2.21. The third-order valence-corrected chi connectivity index (χ3v) is 2.65. The van der Waals surface area contributed by atoms with Gasteiger partial charge in [0.15, 0.2) is 0 Å². The van der Waals surface area contributed by atoms with Gasteiger partial charge in [-0.05, 0) is 24.6 Å². The molecule has 0 aliphatic carbocycles. The minimum absolute atomic E-state index is 0.278. The summed E-state index contributed by atoms with van der Waals surface area (Å²) in [6.45, 7) is 1.87. The van der Waals surface area contributed by atoms with Crippen LogP contribution in [0.4, 0.5) is 0 Å². The number of benzene rings is 2. The SMILES string of the molecule is C[C@@H](Oc1ccccc1)[C@H](O)c1ccccc1. The molecular formula is C15H16O2. The van der Waals surface area contributed by atoms with E-state index in [1.807, 2.05) is 67.6 Å². The van der Waals surface area contributed by atoms with E-state index in [4.69, 9.17) is 4.74 Å². The molecule has 0 heterocycles. The highest BCUT2D eigenvalue weighted by Gasteiger charge is 2.17. The van der Waals surface area contributed by atoms with E-state index >= 15 is 0 Å². The largest absolute Gasteiger partial charge is 0.488 e. The number of hydrogen-bond acceptors (Lipinski definition) is 2. The van der Waals surface area contributed by atoms with Crippen molar-refractivity contribution >= 4 is 0 Å². The summed E-state index contributed by atoms with van der Waals surface area (Å²) in [5.41, 5.74) is 0.871. The van der Waals surface area contributed by atoms with Crippen LogP contribution in [-0.4, -0.2) is 11.2 Å². The van der Waals surface area contributed by atoms with Crippen LogP contribution in [0, 0.1) is 0 Å². The number of aliphatic hydroxyl groups excluding tert-OH is 1. The summed E-state index contributed by atoms with van der Waals surface area (Å²) in [6, 6.07) is 19.1. The van der Waals surface area contributed by atoms with Crippen LogP contribution in [0.15, 0.2) is 60.7 Å². The summed E-state index contributed by atoms with van der Waals surface area (Å²) in [5, 5.41) is 10.1. The maximum atomic E-state index is 10.1. The first kappa shape index (κ1) is 11.7. The highest BCUT2D eigenvalue weighted by molar-refractivity contribution is 5.23. The van der Waals surface area contributed by atoms with E-state index in [0.29, 0.717) is 0 Å². The van der Waals surface area contributed by atoms with Crippen molar-refractivity contribution in [1.82, 2.24) is 0 Å². The van der Waals surface area contributed by atoms with Gasteiger partial charge in [0.25, 0.3) is 0 Å². The minimum atomic E-state index is -0.614. The molecule has 2 aromatic carbocycles. The molecule has 2 aromatic rings. The predicted molar refractivity (Wildman–Crippen MR) is 67.9 cm³/mol. The number of para-hydroxylation sites is 1. The average Bonchev–Trinajstić information content (AvgIpc) is 2.40. The van der Waals surface area contributed by atoms with Gasteiger partial charge < -0.3 is 9.84 Å². The lowest BCUT2D eigenvalue weighted by atomic mass is 10.1. The summed E-state index contributed by atoms with van der Waals surface area (Å²) in [5.74, 6) is 0.773. The van der Waals surface area contributed by atoms with E-state index in [2.05, 4.69) is 0 Å². The second-order valence-corrected chi connectivity index (χ2v) is 3.99. The fourth-order valence-corrected chi connectivity index (χ4v) is 1.70. The van der Waals surface area contributed by atoms with Gasteiger partial charge >= 0.3 is 0 Å². The maximum Gasteiger partial charge on any atom is 0.126 e. The quantitative estimate of drug-likeness (QED) is 0.870. The normalized spacial score (nSPS) is 14.0. The molecule has 0 radical (unpaired) electrons. The van der Waals surface area contributed by atoms with Crippen LogP contribution in [0.1, 0.15) is 18.6 Å². The third-order valence-electron chi connectivity index (χ3n) is 2.65. The van der Waals surface area contributed by atoms with E-state index in [1.54, 1.807) is 0 Å². The van der Waals surface area contributed by atoms with Crippen LogP contribution in [-0.2, 0) is 0 Å². The first-order valence-corrected chi connectivity index (χ1v) is 5.72. The van der Waals surface area contributed by atoms with Gasteiger partial charge in [0.05, 0.1) is 0 Å². The monoisotopic (exact) mass is 228 g/mol. The van der Waals surface area contributed by atoms with Gasteiger partial charge in [-0.3, -0.25) is 0 Å². The Morgan fingerprint density at radius 2 is 1.41 bits per heavy atom. The lowest BCUT2D eigenvalue weighted by Gasteiger charge is -2.20. The summed E-state index contributed by atoms with van der Waals surface area (Å²) >= 11 is 0. The van der Waals surface area contributed by atoms with E-state index in [1.165, 1.54) is 0 Å². The molecule has 2 nitrogen and oxygen atoms in total. The van der Waals surface area contributed by atoms with Crippen LogP contribution < -0.4 is 4.74 Å². The zero-order valence-electron chi connectivity index (χ0n) is 9.78. The van der Waals surface area contributed by atoms with Gasteiger partial charge in [-0.1, -0.05) is 48.5 Å². The molecule has 0 spiro atoms. The van der Waals surface area contributed by atoms with Crippen molar-refractivity contribution in [2.24, 2.45) is 0 Å². The van der Waals surface area contributed by atoms with E-state index in [9.17, 15) is 5.11 Å². The van der Waals surface area contributed by atoms with E-state index in [0.717, 1.165) is 11.3 Å². The molecule has 2 rings (SSSR count). The second-order valence-electron chi connectivity index (χ2n) is 3.99. The summed E-state index contributed by atoms with van der Waals surface area (Å²) in [7, 11) is 0. The van der Waals surface area contributed by atoms with Gasteiger partial charge in [0.1, 0.15) is 18.0 Å². The maximum absolute atomic E-state index is 10.1. The number of rotatable bonds is 4. The zero-order chi connectivity index (χ0) is 12.1. The molecule has 17 heavy (non-hydrogen) atoms. The molecule has 2 atom stereocenters. The third kappa shape index (κ3) is 3.08. The Bertz CT molecular complexity index is 439. The average molecular weight is 228 g/mol. The molecule has 0 fully saturated rings. The van der Waals surface area contributed by atoms with Crippen LogP contribution in [0.5, 0.6) is 5.75 Å². The molecule has 0 saturated carbocycles. The highest BCUT2D eigenvalue weighted by atomic mass is 16.5. The van der Waals surface area contributed by atoms with E-state index < -0.39 is 6.10 Å². The fraction of sp³-hybridized carbons (Fsp3) is 0.200. The number of hydrogen-bond donors (Lipinski definition) is 1. The molecular weight excluding hydrogens is 212 g/mol. The van der Waals surface area contributed by atoms with E-state index in [-0.39, 0.29) is 6.10 Å². The lowest BCUT2D eigenvalue weighted by Crippen LogP contribution is -2.21. The van der Waals surface area contributed by atoms with Crippen LogP contribution in [0.3, 0.4) is 0 Å². The van der Waals surface area contributed by atoms with Crippen LogP contribution >= 0.6 is 0 Å². The molecule has 0 aliphatic rings. The van der Waals surface area contributed by atoms with Gasteiger partial charge in [-0.2, -0.15) is 0 Å². The lowest BCUT2D eigenvalue weighted by molar-refractivity contribution is 0.0467. The molecule has 1 N–H and O–H groups in total. The topological polar surface area (TPSA) is 29.5 Å². The number of ether oxygens (including phenoxy) is 1. The van der Waals surface area contributed by atoms with Crippen molar-refractivity contribution < 1.29 is 9.84 Å². The first-order valence-electron chi connectivity index (χ1n) is 5.72. The van der Waals surface area contributed by atoms with Crippen molar-refractivity contribution in [3.63, 3.8) is 0 Å². The Morgan fingerprint density at radius 1 is 0.882 bits per heavy atom. The first-order chi connectivity index (χ1) is 8.27. The van der Waals surface area contributed by atoms with Crippen molar-refractivity contribution in [1.29, 1.82) is 0 Å². The number of aliphatic hydroxyl groups is 1. The molecule has 0 bridgehead atoms. The molecule has 88 valence electrons. The molecule has 0 unspecified atom stereocenters. The van der Waals surface area contributed by atoms with Crippen molar-refractivity contribution in [3.8, 4) is 5.75 Å². The fourth-order valence-electron chi connectivity index (χ4n) is 1.70. The van der Waals surface area contributed by atoms with Gasteiger partial charge in [-0.25, -0.2) is 0 Å².